The maximum absolute atomic E-state index is 2.39. The van der Waals surface area contributed by atoms with E-state index in [1.165, 1.54) is 32.1 Å². The molecule has 0 amide bonds. The molecule has 1 aliphatic rings. The van der Waals surface area contributed by atoms with E-state index in [2.05, 4.69) is 13.8 Å². The van der Waals surface area contributed by atoms with E-state index in [0.717, 1.165) is 11.8 Å². The normalized spacial score (nSPS) is 31.6. The highest BCUT2D eigenvalue weighted by atomic mass is 14.2. The minimum Gasteiger partial charge on any atom is -0.0683 e. The predicted octanol–water partition coefficient (Wildman–Crippen LogP) is 4.25. The van der Waals surface area contributed by atoms with Crippen LogP contribution in [-0.4, -0.2) is 0 Å². The molecular weight excluding hydrogens is 132 g/mol. The van der Waals surface area contributed by atoms with Crippen molar-refractivity contribution in [1.82, 2.24) is 0 Å². The molecule has 0 radical (unpaired) electrons. The Hall–Kier alpha value is 0. The van der Waals surface area contributed by atoms with Crippen LogP contribution in [0.15, 0.2) is 0 Å². The first-order valence-electron chi connectivity index (χ1n) is 5.29. The second-order valence-corrected chi connectivity index (χ2v) is 3.72. The van der Waals surface area contributed by atoms with E-state index in [1.807, 2.05) is 13.8 Å². The lowest BCUT2D eigenvalue weighted by Crippen LogP contribution is -1.91. The topological polar surface area (TPSA) is 0 Å². The van der Waals surface area contributed by atoms with Gasteiger partial charge in [-0.15, -0.1) is 0 Å². The van der Waals surface area contributed by atoms with Gasteiger partial charge in [0, 0.05) is 0 Å². The van der Waals surface area contributed by atoms with E-state index in [4.69, 9.17) is 0 Å². The van der Waals surface area contributed by atoms with E-state index < -0.39 is 0 Å². The summed E-state index contributed by atoms with van der Waals surface area (Å²) < 4.78 is 0. The quantitative estimate of drug-likeness (QED) is 0.460. The fourth-order valence-corrected chi connectivity index (χ4v) is 1.67. The van der Waals surface area contributed by atoms with Crippen LogP contribution in [0.4, 0.5) is 0 Å². The van der Waals surface area contributed by atoms with Gasteiger partial charge in [0.2, 0.25) is 0 Å². The van der Waals surface area contributed by atoms with Crippen molar-refractivity contribution in [3.05, 3.63) is 0 Å². The molecule has 1 aliphatic carbocycles. The Morgan fingerprint density at radius 3 is 1.45 bits per heavy atom. The van der Waals surface area contributed by atoms with Crippen LogP contribution in [0, 0.1) is 11.8 Å². The highest BCUT2D eigenvalue weighted by molar-refractivity contribution is 4.64. The molecular formula is C11H24. The van der Waals surface area contributed by atoms with Crippen molar-refractivity contribution in [3.8, 4) is 0 Å². The SMILES string of the molecule is CC.CC1CCCC(C)CC1. The molecule has 1 fully saturated rings. The third-order valence-electron chi connectivity index (χ3n) is 2.55. The fraction of sp³-hybridized carbons (Fsp3) is 1.00. The summed E-state index contributed by atoms with van der Waals surface area (Å²) in [6.45, 7) is 8.77. The lowest BCUT2D eigenvalue weighted by Gasteiger charge is -2.05. The summed E-state index contributed by atoms with van der Waals surface area (Å²) in [7, 11) is 0. The third-order valence-corrected chi connectivity index (χ3v) is 2.55. The first-order valence-corrected chi connectivity index (χ1v) is 5.29. The van der Waals surface area contributed by atoms with Crippen molar-refractivity contribution in [2.75, 3.05) is 0 Å². The molecule has 0 aliphatic heterocycles. The Morgan fingerprint density at radius 1 is 0.727 bits per heavy atom. The predicted molar refractivity (Wildman–Crippen MR) is 52.8 cm³/mol. The average Bonchev–Trinajstić information content (AvgIpc) is 2.20. The van der Waals surface area contributed by atoms with Crippen LogP contribution < -0.4 is 0 Å². The summed E-state index contributed by atoms with van der Waals surface area (Å²) in [4.78, 5) is 0. The van der Waals surface area contributed by atoms with E-state index in [9.17, 15) is 0 Å². The van der Waals surface area contributed by atoms with Crippen molar-refractivity contribution in [2.24, 2.45) is 11.8 Å². The monoisotopic (exact) mass is 156 g/mol. The van der Waals surface area contributed by atoms with Gasteiger partial charge in [-0.1, -0.05) is 59.8 Å². The molecule has 0 N–H and O–H groups in total. The highest BCUT2D eigenvalue weighted by Crippen LogP contribution is 2.25. The molecule has 1 rings (SSSR count). The van der Waals surface area contributed by atoms with Gasteiger partial charge in [-0.2, -0.15) is 0 Å². The lowest BCUT2D eigenvalue weighted by molar-refractivity contribution is 0.476. The molecule has 2 unspecified atom stereocenters. The molecule has 2 atom stereocenters. The molecule has 0 heterocycles. The molecule has 1 saturated carbocycles. The van der Waals surface area contributed by atoms with Gasteiger partial charge in [-0.05, 0) is 11.8 Å². The zero-order valence-electron chi connectivity index (χ0n) is 8.69. The van der Waals surface area contributed by atoms with Crippen molar-refractivity contribution in [3.63, 3.8) is 0 Å². The largest absolute Gasteiger partial charge is 0.0683 e. The van der Waals surface area contributed by atoms with Crippen molar-refractivity contribution in [2.45, 2.75) is 59.8 Å². The first-order chi connectivity index (χ1) is 5.29. The van der Waals surface area contributed by atoms with Crippen LogP contribution in [0.3, 0.4) is 0 Å². The van der Waals surface area contributed by atoms with Crippen LogP contribution in [0.2, 0.25) is 0 Å². The summed E-state index contributed by atoms with van der Waals surface area (Å²) in [5, 5.41) is 0. The van der Waals surface area contributed by atoms with Crippen molar-refractivity contribution >= 4 is 0 Å². The highest BCUT2D eigenvalue weighted by Gasteiger charge is 2.11. The molecule has 0 saturated heterocycles. The van der Waals surface area contributed by atoms with Gasteiger partial charge in [0.15, 0.2) is 0 Å². The van der Waals surface area contributed by atoms with Crippen molar-refractivity contribution in [1.29, 1.82) is 0 Å². The maximum atomic E-state index is 2.39. The molecule has 0 aromatic carbocycles. The summed E-state index contributed by atoms with van der Waals surface area (Å²) in [6, 6.07) is 0. The van der Waals surface area contributed by atoms with E-state index in [1.54, 1.807) is 0 Å². The summed E-state index contributed by atoms with van der Waals surface area (Å²) in [6.07, 6.45) is 7.37. The van der Waals surface area contributed by atoms with Crippen LogP contribution in [-0.2, 0) is 0 Å². The van der Waals surface area contributed by atoms with Gasteiger partial charge in [0.1, 0.15) is 0 Å². The maximum Gasteiger partial charge on any atom is -0.0443 e. The Bertz CT molecular complexity index is 66.1. The van der Waals surface area contributed by atoms with E-state index in [0.29, 0.717) is 0 Å². The summed E-state index contributed by atoms with van der Waals surface area (Å²) in [5.41, 5.74) is 0. The Kier molecular flexibility index (Phi) is 6.69. The molecule has 11 heavy (non-hydrogen) atoms. The second kappa shape index (κ2) is 6.69. The standard InChI is InChI=1S/C9H18.C2H6/c1-8-4-3-5-9(2)7-6-8;1-2/h8-9H,3-7H2,1-2H3;1-2H3. The zero-order valence-corrected chi connectivity index (χ0v) is 8.69. The molecule has 0 spiro atoms. The van der Waals surface area contributed by atoms with Crippen LogP contribution in [0.1, 0.15) is 59.8 Å². The van der Waals surface area contributed by atoms with Gasteiger partial charge in [-0.3, -0.25) is 0 Å². The molecule has 0 nitrogen and oxygen atoms in total. The van der Waals surface area contributed by atoms with Gasteiger partial charge in [-0.25, -0.2) is 0 Å². The smallest absolute Gasteiger partial charge is 0.0443 e. The number of rotatable bonds is 0. The van der Waals surface area contributed by atoms with Crippen LogP contribution >= 0.6 is 0 Å². The summed E-state index contributed by atoms with van der Waals surface area (Å²) in [5.74, 6) is 2.02. The molecule has 0 aromatic heterocycles. The van der Waals surface area contributed by atoms with Crippen LogP contribution in [0.25, 0.3) is 0 Å². The summed E-state index contributed by atoms with van der Waals surface area (Å²) >= 11 is 0. The fourth-order valence-electron chi connectivity index (χ4n) is 1.67. The van der Waals surface area contributed by atoms with Gasteiger partial charge >= 0.3 is 0 Å². The lowest BCUT2D eigenvalue weighted by atomic mass is 10.0. The molecule has 0 heteroatoms. The Labute approximate surface area is 72.4 Å². The van der Waals surface area contributed by atoms with Crippen LogP contribution in [0.5, 0.6) is 0 Å². The third kappa shape index (κ3) is 5.29. The number of hydrogen-bond donors (Lipinski definition) is 0. The van der Waals surface area contributed by atoms with Gasteiger partial charge in [0.05, 0.1) is 0 Å². The molecule has 0 bridgehead atoms. The van der Waals surface area contributed by atoms with E-state index in [-0.39, 0.29) is 0 Å². The average molecular weight is 156 g/mol. The van der Waals surface area contributed by atoms with Gasteiger partial charge < -0.3 is 0 Å². The van der Waals surface area contributed by atoms with E-state index >= 15 is 0 Å². The minimum absolute atomic E-state index is 1.01. The Morgan fingerprint density at radius 2 is 1.09 bits per heavy atom. The van der Waals surface area contributed by atoms with Crippen molar-refractivity contribution < 1.29 is 0 Å². The Balaban J connectivity index is 0.000000461. The zero-order chi connectivity index (χ0) is 8.69. The van der Waals surface area contributed by atoms with Gasteiger partial charge in [0.25, 0.3) is 0 Å². The molecule has 0 aromatic rings. The molecule has 68 valence electrons. The first kappa shape index (κ1) is 11.0. The minimum atomic E-state index is 1.01. The number of hydrogen-bond acceptors (Lipinski definition) is 0. The second-order valence-electron chi connectivity index (χ2n) is 3.72.